The molecule has 9 heavy (non-hydrogen) atoms. The lowest BCUT2D eigenvalue weighted by atomic mass is 10.2. The number of carbonyl (C=O) groups excluding carboxylic acids is 1. The van der Waals surface area contributed by atoms with Crippen LogP contribution in [0.4, 0.5) is 0 Å². The van der Waals surface area contributed by atoms with Crippen molar-refractivity contribution in [2.45, 2.75) is 19.8 Å². The van der Waals surface area contributed by atoms with Crippen molar-refractivity contribution in [1.82, 2.24) is 4.90 Å². The Balaban J connectivity index is 2.09. The van der Waals surface area contributed by atoms with E-state index in [1.165, 1.54) is 6.42 Å². The molecule has 1 saturated heterocycles. The number of ketones is 1. The summed E-state index contributed by atoms with van der Waals surface area (Å²) in [7, 11) is 0. The monoisotopic (exact) mass is 127 g/mol. The zero-order valence-electron chi connectivity index (χ0n) is 5.89. The normalized spacial score (nSPS) is 19.2. The maximum Gasteiger partial charge on any atom is 0.146 e. The first-order valence-corrected chi connectivity index (χ1v) is 3.57. The Morgan fingerprint density at radius 2 is 2.22 bits per heavy atom. The van der Waals surface area contributed by atoms with Crippen LogP contribution in [0.3, 0.4) is 0 Å². The van der Waals surface area contributed by atoms with E-state index in [9.17, 15) is 4.79 Å². The molecule has 0 spiro atoms. The predicted octanol–water partition coefficient (Wildman–Crippen LogP) is 0.671. The molecular formula is C7H13NO. The molecule has 0 atom stereocenters. The van der Waals surface area contributed by atoms with Gasteiger partial charge in [-0.2, -0.15) is 0 Å². The second-order valence-electron chi connectivity index (χ2n) is 2.52. The van der Waals surface area contributed by atoms with Gasteiger partial charge in [-0.1, -0.05) is 6.92 Å². The molecule has 1 fully saturated rings. The van der Waals surface area contributed by atoms with E-state index in [4.69, 9.17) is 0 Å². The average molecular weight is 127 g/mol. The summed E-state index contributed by atoms with van der Waals surface area (Å²) < 4.78 is 0. The molecule has 2 heteroatoms. The van der Waals surface area contributed by atoms with E-state index in [2.05, 4.69) is 4.90 Å². The van der Waals surface area contributed by atoms with Crippen LogP contribution in [-0.4, -0.2) is 30.3 Å². The minimum atomic E-state index is 0.370. The van der Waals surface area contributed by atoms with E-state index in [1.807, 2.05) is 6.92 Å². The molecule has 2 nitrogen and oxygen atoms in total. The predicted molar refractivity (Wildman–Crippen MR) is 36.4 cm³/mol. The first-order chi connectivity index (χ1) is 4.33. The van der Waals surface area contributed by atoms with Crippen LogP contribution in [0.15, 0.2) is 0 Å². The lowest BCUT2D eigenvalue weighted by molar-refractivity contribution is -0.120. The number of hydrogen-bond donors (Lipinski definition) is 0. The van der Waals surface area contributed by atoms with E-state index in [0.29, 0.717) is 18.7 Å². The molecule has 0 aromatic rings. The molecule has 0 radical (unpaired) electrons. The fraction of sp³-hybridized carbons (Fsp3) is 0.857. The molecule has 0 aromatic carbocycles. The zero-order chi connectivity index (χ0) is 6.69. The van der Waals surface area contributed by atoms with Gasteiger partial charge >= 0.3 is 0 Å². The number of Topliss-reactive ketones (excluding diaryl/α,β-unsaturated/α-hetero) is 1. The largest absolute Gasteiger partial charge is 0.298 e. The summed E-state index contributed by atoms with van der Waals surface area (Å²) in [5.74, 6) is 0.370. The Kier molecular flexibility index (Phi) is 2.22. The average Bonchev–Trinajstić information content (AvgIpc) is 1.78. The highest BCUT2D eigenvalue weighted by atomic mass is 16.1. The second-order valence-corrected chi connectivity index (χ2v) is 2.52. The smallest absolute Gasteiger partial charge is 0.146 e. The van der Waals surface area contributed by atoms with Crippen molar-refractivity contribution in [2.24, 2.45) is 0 Å². The molecule has 0 bridgehead atoms. The third kappa shape index (κ3) is 1.79. The summed E-state index contributed by atoms with van der Waals surface area (Å²) in [5.41, 5.74) is 0. The van der Waals surface area contributed by atoms with Gasteiger partial charge in [-0.25, -0.2) is 0 Å². The molecule has 0 aliphatic carbocycles. The Bertz CT molecular complexity index is 107. The van der Waals surface area contributed by atoms with Crippen LogP contribution in [0.1, 0.15) is 19.8 Å². The molecule has 1 aliphatic heterocycles. The van der Waals surface area contributed by atoms with Crippen molar-refractivity contribution in [3.63, 3.8) is 0 Å². The van der Waals surface area contributed by atoms with Crippen molar-refractivity contribution >= 4 is 5.78 Å². The van der Waals surface area contributed by atoms with Gasteiger partial charge in [0.2, 0.25) is 0 Å². The van der Waals surface area contributed by atoms with E-state index >= 15 is 0 Å². The van der Waals surface area contributed by atoms with Gasteiger partial charge in [0.1, 0.15) is 5.78 Å². The molecule has 0 N–H and O–H groups in total. The van der Waals surface area contributed by atoms with Gasteiger partial charge in [-0.3, -0.25) is 9.69 Å². The highest BCUT2D eigenvalue weighted by Gasteiger charge is 2.15. The Hall–Kier alpha value is -0.370. The Morgan fingerprint density at radius 1 is 1.56 bits per heavy atom. The van der Waals surface area contributed by atoms with Crippen molar-refractivity contribution in [2.75, 3.05) is 19.6 Å². The minimum Gasteiger partial charge on any atom is -0.298 e. The fourth-order valence-corrected chi connectivity index (χ4v) is 0.901. The topological polar surface area (TPSA) is 20.3 Å². The van der Waals surface area contributed by atoms with Gasteiger partial charge < -0.3 is 0 Å². The van der Waals surface area contributed by atoms with Crippen molar-refractivity contribution < 1.29 is 4.79 Å². The molecule has 1 rings (SSSR count). The van der Waals surface area contributed by atoms with Crippen molar-refractivity contribution in [3.8, 4) is 0 Å². The lowest BCUT2D eigenvalue weighted by Crippen LogP contribution is -2.40. The highest BCUT2D eigenvalue weighted by molar-refractivity contribution is 5.80. The third-order valence-corrected chi connectivity index (χ3v) is 1.74. The summed E-state index contributed by atoms with van der Waals surface area (Å²) in [4.78, 5) is 13.0. The molecule has 0 unspecified atom stereocenters. The minimum absolute atomic E-state index is 0.370. The Morgan fingerprint density at radius 3 is 2.56 bits per heavy atom. The maximum atomic E-state index is 10.8. The number of likely N-dealkylation sites (tertiary alicyclic amines) is 1. The lowest BCUT2D eigenvalue weighted by Gasteiger charge is -2.29. The zero-order valence-corrected chi connectivity index (χ0v) is 5.89. The molecule has 0 aromatic heterocycles. The summed E-state index contributed by atoms with van der Waals surface area (Å²) in [6.07, 6.45) is 1.97. The van der Waals surface area contributed by atoms with Gasteiger partial charge in [-0.15, -0.1) is 0 Å². The van der Waals surface area contributed by atoms with E-state index in [1.54, 1.807) is 0 Å². The molecule has 1 aliphatic rings. The van der Waals surface area contributed by atoms with Gasteiger partial charge in [-0.05, 0) is 19.5 Å². The van der Waals surface area contributed by atoms with E-state index in [-0.39, 0.29) is 0 Å². The van der Waals surface area contributed by atoms with Gasteiger partial charge in [0.25, 0.3) is 0 Å². The van der Waals surface area contributed by atoms with Crippen molar-refractivity contribution in [1.29, 1.82) is 0 Å². The standard InChI is InChI=1S/C7H13NO/c1-2-7(9)6-8-4-3-5-8/h2-6H2,1H3. The fourth-order valence-electron chi connectivity index (χ4n) is 0.901. The number of rotatable bonds is 3. The van der Waals surface area contributed by atoms with Crippen LogP contribution in [0, 0.1) is 0 Å². The van der Waals surface area contributed by atoms with Crippen LogP contribution in [0.5, 0.6) is 0 Å². The maximum absolute atomic E-state index is 10.8. The summed E-state index contributed by atoms with van der Waals surface area (Å²) in [6, 6.07) is 0. The summed E-state index contributed by atoms with van der Waals surface area (Å²) in [6.45, 7) is 4.87. The van der Waals surface area contributed by atoms with E-state index < -0.39 is 0 Å². The molecule has 1 heterocycles. The number of carbonyl (C=O) groups is 1. The van der Waals surface area contributed by atoms with Crippen molar-refractivity contribution in [3.05, 3.63) is 0 Å². The molecule has 52 valence electrons. The number of nitrogens with zero attached hydrogens (tertiary/aromatic N) is 1. The molecule has 0 amide bonds. The first kappa shape index (κ1) is 6.75. The SMILES string of the molecule is CCC(=O)CN1CCC1. The van der Waals surface area contributed by atoms with E-state index in [0.717, 1.165) is 13.1 Å². The highest BCUT2D eigenvalue weighted by Crippen LogP contribution is 2.04. The number of hydrogen-bond acceptors (Lipinski definition) is 2. The van der Waals surface area contributed by atoms with Gasteiger partial charge in [0, 0.05) is 6.42 Å². The van der Waals surface area contributed by atoms with Crippen LogP contribution >= 0.6 is 0 Å². The van der Waals surface area contributed by atoms with Crippen LogP contribution in [-0.2, 0) is 4.79 Å². The first-order valence-electron chi connectivity index (χ1n) is 3.57. The van der Waals surface area contributed by atoms with Gasteiger partial charge in [0.05, 0.1) is 6.54 Å². The Labute approximate surface area is 55.8 Å². The molecule has 0 saturated carbocycles. The van der Waals surface area contributed by atoms with Crippen LogP contribution in [0.25, 0.3) is 0 Å². The van der Waals surface area contributed by atoms with Crippen LogP contribution in [0.2, 0.25) is 0 Å². The summed E-state index contributed by atoms with van der Waals surface area (Å²) >= 11 is 0. The third-order valence-electron chi connectivity index (χ3n) is 1.74. The van der Waals surface area contributed by atoms with Crippen LogP contribution < -0.4 is 0 Å². The van der Waals surface area contributed by atoms with Gasteiger partial charge in [0.15, 0.2) is 0 Å². The summed E-state index contributed by atoms with van der Waals surface area (Å²) in [5, 5.41) is 0. The second kappa shape index (κ2) is 2.97. The molecular weight excluding hydrogens is 114 g/mol. The quantitative estimate of drug-likeness (QED) is 0.555.